The van der Waals surface area contributed by atoms with Gasteiger partial charge in [-0.1, -0.05) is 0 Å². The van der Waals surface area contributed by atoms with Crippen LogP contribution in [-0.2, 0) is 0 Å². The highest BCUT2D eigenvalue weighted by atomic mass is 19.1. The molecule has 0 unspecified atom stereocenters. The molecule has 1 aromatic heterocycles. The zero-order valence-electron chi connectivity index (χ0n) is 5.51. The van der Waals surface area contributed by atoms with Gasteiger partial charge >= 0.3 is 0 Å². The van der Waals surface area contributed by atoms with Gasteiger partial charge in [-0.2, -0.15) is 0 Å². The fraction of sp³-hybridized carbons (Fsp3) is 0. The summed E-state index contributed by atoms with van der Waals surface area (Å²) in [4.78, 5) is 3.34. The number of rotatable bonds is 1. The SMILES string of the molecule is NC(=[NH2+])c1ncc(F)cc1F. The number of hydrogen-bond donors (Lipinski definition) is 2. The molecule has 1 heterocycles. The molecule has 11 heavy (non-hydrogen) atoms. The summed E-state index contributed by atoms with van der Waals surface area (Å²) in [6, 6.07) is 0.669. The summed E-state index contributed by atoms with van der Waals surface area (Å²) in [5.74, 6) is -1.87. The third-order valence-corrected chi connectivity index (χ3v) is 1.08. The highest BCUT2D eigenvalue weighted by molar-refractivity contribution is 5.90. The van der Waals surface area contributed by atoms with Crippen molar-refractivity contribution in [2.24, 2.45) is 5.73 Å². The van der Waals surface area contributed by atoms with E-state index >= 15 is 0 Å². The molecule has 0 saturated carbocycles. The number of aromatic nitrogens is 1. The minimum Gasteiger partial charge on any atom is -0.286 e. The van der Waals surface area contributed by atoms with E-state index in [0.717, 1.165) is 6.20 Å². The second-order valence-corrected chi connectivity index (χ2v) is 1.94. The van der Waals surface area contributed by atoms with Gasteiger partial charge in [0.15, 0.2) is 11.5 Å². The first-order valence-corrected chi connectivity index (χ1v) is 2.80. The molecule has 3 nitrogen and oxygen atoms in total. The van der Waals surface area contributed by atoms with Gasteiger partial charge in [0.1, 0.15) is 5.82 Å². The van der Waals surface area contributed by atoms with Crippen molar-refractivity contribution in [2.75, 3.05) is 0 Å². The maximum Gasteiger partial charge on any atom is 0.292 e. The van der Waals surface area contributed by atoms with Crippen LogP contribution < -0.4 is 11.1 Å². The van der Waals surface area contributed by atoms with E-state index in [2.05, 4.69) is 4.98 Å². The van der Waals surface area contributed by atoms with Crippen molar-refractivity contribution in [3.63, 3.8) is 0 Å². The Morgan fingerprint density at radius 3 is 2.64 bits per heavy atom. The van der Waals surface area contributed by atoms with E-state index in [1.807, 2.05) is 0 Å². The molecule has 4 N–H and O–H groups in total. The van der Waals surface area contributed by atoms with Crippen LogP contribution >= 0.6 is 0 Å². The lowest BCUT2D eigenvalue weighted by atomic mass is 10.3. The predicted octanol–water partition coefficient (Wildman–Crippen LogP) is -1.18. The summed E-state index contributed by atoms with van der Waals surface area (Å²) in [5, 5.41) is 5.03. The van der Waals surface area contributed by atoms with E-state index in [1.54, 1.807) is 0 Å². The maximum atomic E-state index is 12.6. The first kappa shape index (κ1) is 7.59. The molecule has 1 rings (SSSR count). The van der Waals surface area contributed by atoms with Crippen molar-refractivity contribution in [1.29, 1.82) is 0 Å². The molecule has 0 saturated heterocycles. The molecule has 0 aliphatic carbocycles. The Balaban J connectivity index is 3.20. The van der Waals surface area contributed by atoms with Gasteiger partial charge in [0.25, 0.3) is 5.84 Å². The van der Waals surface area contributed by atoms with Crippen LogP contribution in [0.5, 0.6) is 0 Å². The first-order valence-electron chi connectivity index (χ1n) is 2.80. The van der Waals surface area contributed by atoms with Crippen LogP contribution in [0, 0.1) is 11.6 Å². The van der Waals surface area contributed by atoms with Gasteiger partial charge < -0.3 is 0 Å². The Bertz CT molecular complexity index is 298. The first-order chi connectivity index (χ1) is 5.11. The largest absolute Gasteiger partial charge is 0.292 e. The van der Waals surface area contributed by atoms with Crippen molar-refractivity contribution in [3.05, 3.63) is 29.6 Å². The fourth-order valence-electron chi connectivity index (χ4n) is 0.627. The molecule has 0 radical (unpaired) electrons. The zero-order chi connectivity index (χ0) is 8.43. The van der Waals surface area contributed by atoms with E-state index < -0.39 is 11.6 Å². The molecule has 0 bridgehead atoms. The van der Waals surface area contributed by atoms with E-state index in [9.17, 15) is 8.78 Å². The predicted molar refractivity (Wildman–Crippen MR) is 34.4 cm³/mol. The lowest BCUT2D eigenvalue weighted by Crippen LogP contribution is -2.47. The van der Waals surface area contributed by atoms with Gasteiger partial charge in [0, 0.05) is 6.07 Å². The number of nitrogens with zero attached hydrogens (tertiary/aromatic N) is 1. The van der Waals surface area contributed by atoms with Gasteiger partial charge in [-0.3, -0.25) is 11.1 Å². The molecule has 5 heteroatoms. The minimum absolute atomic E-state index is 0.216. The topological polar surface area (TPSA) is 64.5 Å². The van der Waals surface area contributed by atoms with Gasteiger partial charge in [0.05, 0.1) is 6.20 Å². The van der Waals surface area contributed by atoms with Crippen LogP contribution in [-0.4, -0.2) is 10.8 Å². The smallest absolute Gasteiger partial charge is 0.286 e. The average molecular weight is 158 g/mol. The zero-order valence-corrected chi connectivity index (χ0v) is 5.51. The molecular formula is C6H6F2N3+. The molecule has 0 aliphatic rings. The standard InChI is InChI=1S/C6H5F2N3/c7-3-1-4(8)5(6(9)10)11-2-3/h1-2H,(H3,9,10)/p+1. The Hall–Kier alpha value is -1.52. The van der Waals surface area contributed by atoms with E-state index in [-0.39, 0.29) is 11.5 Å². The van der Waals surface area contributed by atoms with Crippen LogP contribution in [0.25, 0.3) is 0 Å². The average Bonchev–Trinajstić information content (AvgIpc) is 1.85. The highest BCUT2D eigenvalue weighted by Crippen LogP contribution is 2.03. The van der Waals surface area contributed by atoms with E-state index in [0.29, 0.717) is 6.07 Å². The maximum absolute atomic E-state index is 12.6. The second kappa shape index (κ2) is 2.61. The fourth-order valence-corrected chi connectivity index (χ4v) is 0.627. The lowest BCUT2D eigenvalue weighted by Gasteiger charge is -1.93. The lowest BCUT2D eigenvalue weighted by molar-refractivity contribution is -0.114. The summed E-state index contributed by atoms with van der Waals surface area (Å²) in [7, 11) is 0. The highest BCUT2D eigenvalue weighted by Gasteiger charge is 2.10. The summed E-state index contributed by atoms with van der Waals surface area (Å²) in [6.45, 7) is 0. The number of halogens is 2. The van der Waals surface area contributed by atoms with Crippen LogP contribution in [0.4, 0.5) is 8.78 Å². The molecule has 1 aromatic rings. The number of nitrogens with two attached hydrogens (primary N) is 2. The number of amidine groups is 1. The Labute approximate surface area is 61.4 Å². The van der Waals surface area contributed by atoms with Gasteiger partial charge in [0.2, 0.25) is 0 Å². The van der Waals surface area contributed by atoms with Crippen molar-refractivity contribution >= 4 is 5.84 Å². The van der Waals surface area contributed by atoms with Crippen molar-refractivity contribution in [1.82, 2.24) is 4.98 Å². The Kier molecular flexibility index (Phi) is 1.80. The molecule has 58 valence electrons. The quantitative estimate of drug-likeness (QED) is 0.399. The third-order valence-electron chi connectivity index (χ3n) is 1.08. The molecule has 0 fully saturated rings. The minimum atomic E-state index is -0.856. The normalized spacial score (nSPS) is 9.64. The van der Waals surface area contributed by atoms with Gasteiger partial charge in [-0.25, -0.2) is 13.8 Å². The van der Waals surface area contributed by atoms with Crippen molar-refractivity contribution < 1.29 is 14.2 Å². The molecule has 0 spiro atoms. The molecule has 0 aromatic carbocycles. The Morgan fingerprint density at radius 1 is 1.55 bits per heavy atom. The molecule has 0 amide bonds. The monoisotopic (exact) mass is 158 g/mol. The Morgan fingerprint density at radius 2 is 2.18 bits per heavy atom. The van der Waals surface area contributed by atoms with Crippen LogP contribution in [0.2, 0.25) is 0 Å². The summed E-state index contributed by atoms with van der Waals surface area (Å²) >= 11 is 0. The van der Waals surface area contributed by atoms with Crippen LogP contribution in [0.1, 0.15) is 5.69 Å². The van der Waals surface area contributed by atoms with Gasteiger partial charge in [-0.15, -0.1) is 0 Å². The molecule has 0 atom stereocenters. The van der Waals surface area contributed by atoms with Crippen LogP contribution in [0.3, 0.4) is 0 Å². The summed E-state index contributed by atoms with van der Waals surface area (Å²) in [6.07, 6.45) is 0.845. The van der Waals surface area contributed by atoms with E-state index in [4.69, 9.17) is 11.1 Å². The van der Waals surface area contributed by atoms with E-state index in [1.165, 1.54) is 0 Å². The molecular weight excluding hydrogens is 152 g/mol. The second-order valence-electron chi connectivity index (χ2n) is 1.94. The van der Waals surface area contributed by atoms with Crippen LogP contribution in [0.15, 0.2) is 12.3 Å². The van der Waals surface area contributed by atoms with Crippen molar-refractivity contribution in [2.45, 2.75) is 0 Å². The van der Waals surface area contributed by atoms with Crippen molar-refractivity contribution in [3.8, 4) is 0 Å². The summed E-state index contributed by atoms with van der Waals surface area (Å²) < 4.78 is 24.8. The van der Waals surface area contributed by atoms with Gasteiger partial charge in [-0.05, 0) is 0 Å². The molecule has 0 aliphatic heterocycles. The number of pyridine rings is 1. The summed E-state index contributed by atoms with van der Waals surface area (Å²) in [5.41, 5.74) is 4.82. The number of hydrogen-bond acceptors (Lipinski definition) is 1. The third kappa shape index (κ3) is 1.49.